The zero-order valence-corrected chi connectivity index (χ0v) is 9.15. The van der Waals surface area contributed by atoms with Gasteiger partial charge in [0.15, 0.2) is 5.78 Å². The van der Waals surface area contributed by atoms with Crippen LogP contribution in [0.5, 0.6) is 0 Å². The number of imidazole rings is 1. The summed E-state index contributed by atoms with van der Waals surface area (Å²) in [4.78, 5) is 15.6. The molecule has 88 valence electrons. The summed E-state index contributed by atoms with van der Waals surface area (Å²) in [7, 11) is 1.74. The topological polar surface area (TPSA) is 34.9 Å². The van der Waals surface area contributed by atoms with Gasteiger partial charge >= 0.3 is 0 Å². The van der Waals surface area contributed by atoms with Crippen molar-refractivity contribution >= 4 is 5.78 Å². The molecule has 0 atom stereocenters. The second-order valence-electron chi connectivity index (χ2n) is 3.80. The van der Waals surface area contributed by atoms with Crippen LogP contribution in [0, 0.1) is 11.6 Å². The van der Waals surface area contributed by atoms with E-state index in [1.54, 1.807) is 17.8 Å². The summed E-state index contributed by atoms with van der Waals surface area (Å²) in [6, 6.07) is 3.06. The number of nitrogens with zero attached hydrogens (tertiary/aromatic N) is 2. The Bertz CT molecular complexity index is 543. The van der Waals surface area contributed by atoms with Crippen molar-refractivity contribution in [2.45, 2.75) is 6.42 Å². The van der Waals surface area contributed by atoms with E-state index in [1.165, 1.54) is 6.33 Å². The summed E-state index contributed by atoms with van der Waals surface area (Å²) >= 11 is 0. The predicted octanol–water partition coefficient (Wildman–Crippen LogP) is 2.12. The quantitative estimate of drug-likeness (QED) is 0.765. The van der Waals surface area contributed by atoms with Crippen LogP contribution in [0.15, 0.2) is 30.7 Å². The van der Waals surface area contributed by atoms with Crippen molar-refractivity contribution in [2.75, 3.05) is 0 Å². The number of Topliss-reactive ketones (excluding diaryl/α,β-unsaturated/α-hetero) is 1. The minimum Gasteiger partial charge on any atom is -0.340 e. The van der Waals surface area contributed by atoms with E-state index in [2.05, 4.69) is 4.98 Å². The van der Waals surface area contributed by atoms with Gasteiger partial charge < -0.3 is 4.57 Å². The van der Waals surface area contributed by atoms with Gasteiger partial charge in [0.1, 0.15) is 17.3 Å². The molecule has 3 nitrogen and oxygen atoms in total. The first-order valence-corrected chi connectivity index (χ1v) is 5.01. The average molecular weight is 236 g/mol. The summed E-state index contributed by atoms with van der Waals surface area (Å²) in [6.07, 6.45) is 3.00. The Labute approximate surface area is 96.7 Å². The smallest absolute Gasteiger partial charge is 0.187 e. The molecule has 0 bridgehead atoms. The van der Waals surface area contributed by atoms with Crippen LogP contribution in [0.2, 0.25) is 0 Å². The number of carbonyl (C=O) groups is 1. The molecule has 17 heavy (non-hydrogen) atoms. The molecule has 0 spiro atoms. The Morgan fingerprint density at radius 1 is 1.29 bits per heavy atom. The summed E-state index contributed by atoms with van der Waals surface area (Å²) in [5, 5.41) is 0. The Balaban J connectivity index is 2.18. The number of aryl methyl sites for hydroxylation is 1. The van der Waals surface area contributed by atoms with Gasteiger partial charge in [0, 0.05) is 25.7 Å². The van der Waals surface area contributed by atoms with E-state index in [0.717, 1.165) is 18.2 Å². The number of ketones is 1. The molecule has 0 fully saturated rings. The maximum atomic E-state index is 12.9. The fourth-order valence-electron chi connectivity index (χ4n) is 1.55. The molecule has 2 aromatic rings. The second kappa shape index (κ2) is 4.45. The number of carbonyl (C=O) groups excluding carboxylic acids is 1. The van der Waals surface area contributed by atoms with Crippen molar-refractivity contribution in [1.82, 2.24) is 9.55 Å². The number of benzene rings is 1. The molecule has 0 radical (unpaired) electrons. The van der Waals surface area contributed by atoms with Gasteiger partial charge in [0.05, 0.1) is 6.33 Å². The van der Waals surface area contributed by atoms with Crippen LogP contribution in [-0.4, -0.2) is 15.3 Å². The molecule has 1 aromatic carbocycles. The van der Waals surface area contributed by atoms with Gasteiger partial charge in [-0.3, -0.25) is 4.79 Å². The molecule has 0 unspecified atom stereocenters. The van der Waals surface area contributed by atoms with Crippen molar-refractivity contribution in [3.63, 3.8) is 0 Å². The van der Waals surface area contributed by atoms with Gasteiger partial charge in [-0.2, -0.15) is 0 Å². The summed E-state index contributed by atoms with van der Waals surface area (Å²) < 4.78 is 27.5. The zero-order valence-electron chi connectivity index (χ0n) is 9.15. The Kier molecular flexibility index (Phi) is 2.99. The average Bonchev–Trinajstić information content (AvgIpc) is 2.63. The van der Waals surface area contributed by atoms with E-state index in [0.29, 0.717) is 5.56 Å². The van der Waals surface area contributed by atoms with Crippen LogP contribution in [0.25, 0.3) is 0 Å². The highest BCUT2D eigenvalue weighted by Crippen LogP contribution is 2.10. The molecule has 0 saturated heterocycles. The van der Waals surface area contributed by atoms with E-state index >= 15 is 0 Å². The molecule has 0 N–H and O–H groups in total. The molecule has 2 rings (SSSR count). The Morgan fingerprint density at radius 3 is 2.47 bits per heavy atom. The Hall–Kier alpha value is -2.04. The van der Waals surface area contributed by atoms with Crippen molar-refractivity contribution in [1.29, 1.82) is 0 Å². The van der Waals surface area contributed by atoms with Crippen molar-refractivity contribution in [2.24, 2.45) is 7.05 Å². The second-order valence-corrected chi connectivity index (χ2v) is 3.80. The van der Waals surface area contributed by atoms with Crippen LogP contribution in [0.4, 0.5) is 8.78 Å². The SMILES string of the molecule is Cn1cnc(C(=O)Cc2cc(F)cc(F)c2)c1. The number of aromatic nitrogens is 2. The normalized spacial score (nSPS) is 10.5. The standard InChI is InChI=1S/C12H10F2N2O/c1-16-6-11(15-7-16)12(17)4-8-2-9(13)5-10(14)3-8/h2-3,5-7H,4H2,1H3. The lowest BCUT2D eigenvalue weighted by molar-refractivity contribution is 0.0988. The van der Waals surface area contributed by atoms with Gasteiger partial charge in [-0.05, 0) is 17.7 Å². The molecule has 0 aliphatic heterocycles. The molecule has 0 aliphatic carbocycles. The maximum absolute atomic E-state index is 12.9. The number of hydrogen-bond acceptors (Lipinski definition) is 2. The predicted molar refractivity (Wildman–Crippen MR) is 57.6 cm³/mol. The molecule has 5 heteroatoms. The van der Waals surface area contributed by atoms with E-state index < -0.39 is 11.6 Å². The third-order valence-corrected chi connectivity index (χ3v) is 2.28. The third kappa shape index (κ3) is 2.75. The first-order valence-electron chi connectivity index (χ1n) is 5.01. The molecule has 1 aromatic heterocycles. The van der Waals surface area contributed by atoms with Crippen molar-refractivity contribution < 1.29 is 13.6 Å². The molecule has 0 saturated carbocycles. The van der Waals surface area contributed by atoms with Crippen LogP contribution in [0.1, 0.15) is 16.1 Å². The number of hydrogen-bond donors (Lipinski definition) is 0. The van der Waals surface area contributed by atoms with Crippen molar-refractivity contribution in [3.8, 4) is 0 Å². The highest BCUT2D eigenvalue weighted by atomic mass is 19.1. The van der Waals surface area contributed by atoms with Crippen LogP contribution < -0.4 is 0 Å². The molecular formula is C12H10F2N2O. The highest BCUT2D eigenvalue weighted by Gasteiger charge is 2.11. The van der Waals surface area contributed by atoms with Gasteiger partial charge in [0.25, 0.3) is 0 Å². The summed E-state index contributed by atoms with van der Waals surface area (Å²) in [5.74, 6) is -1.64. The van der Waals surface area contributed by atoms with Gasteiger partial charge in [-0.25, -0.2) is 13.8 Å². The highest BCUT2D eigenvalue weighted by molar-refractivity contribution is 5.95. The lowest BCUT2D eigenvalue weighted by Gasteiger charge is -2.00. The van der Waals surface area contributed by atoms with E-state index in [4.69, 9.17) is 0 Å². The van der Waals surface area contributed by atoms with Crippen molar-refractivity contribution in [3.05, 3.63) is 53.6 Å². The lowest BCUT2D eigenvalue weighted by atomic mass is 10.1. The number of halogens is 2. The molecule has 0 aliphatic rings. The maximum Gasteiger partial charge on any atom is 0.187 e. The minimum absolute atomic E-state index is 0.0638. The van der Waals surface area contributed by atoms with Gasteiger partial charge in [-0.1, -0.05) is 0 Å². The lowest BCUT2D eigenvalue weighted by Crippen LogP contribution is -2.04. The van der Waals surface area contributed by atoms with Crippen LogP contribution >= 0.6 is 0 Å². The van der Waals surface area contributed by atoms with Gasteiger partial charge in [0.2, 0.25) is 0 Å². The Morgan fingerprint density at radius 2 is 1.94 bits per heavy atom. The fourth-order valence-corrected chi connectivity index (χ4v) is 1.55. The van der Waals surface area contributed by atoms with Gasteiger partial charge in [-0.15, -0.1) is 0 Å². The summed E-state index contributed by atoms with van der Waals surface area (Å²) in [6.45, 7) is 0. The monoisotopic (exact) mass is 236 g/mol. The minimum atomic E-state index is -0.686. The van der Waals surface area contributed by atoms with Crippen LogP contribution in [0.3, 0.4) is 0 Å². The fraction of sp³-hybridized carbons (Fsp3) is 0.167. The zero-order chi connectivity index (χ0) is 12.4. The number of rotatable bonds is 3. The molecular weight excluding hydrogens is 226 g/mol. The molecule has 0 amide bonds. The first-order chi connectivity index (χ1) is 8.04. The van der Waals surface area contributed by atoms with E-state index in [9.17, 15) is 13.6 Å². The summed E-state index contributed by atoms with van der Waals surface area (Å²) in [5.41, 5.74) is 0.593. The first kappa shape index (κ1) is 11.4. The van der Waals surface area contributed by atoms with Crippen LogP contribution in [-0.2, 0) is 13.5 Å². The van der Waals surface area contributed by atoms with E-state index in [-0.39, 0.29) is 17.9 Å². The molecule has 1 heterocycles. The largest absolute Gasteiger partial charge is 0.340 e. The van der Waals surface area contributed by atoms with E-state index in [1.807, 2.05) is 0 Å². The third-order valence-electron chi connectivity index (χ3n) is 2.28.